The predicted molar refractivity (Wildman–Crippen MR) is 270 cm³/mol. The van der Waals surface area contributed by atoms with Gasteiger partial charge in [0.25, 0.3) is 0 Å². The first kappa shape index (κ1) is 50.7. The van der Waals surface area contributed by atoms with Gasteiger partial charge >= 0.3 is 33.1 Å². The van der Waals surface area contributed by atoms with Crippen LogP contribution in [0.5, 0.6) is 0 Å². The molecule has 2 aromatic rings. The van der Waals surface area contributed by atoms with Crippen LogP contribution in [0.2, 0.25) is 0 Å². The Morgan fingerprint density at radius 3 is 1.31 bits per heavy atom. The van der Waals surface area contributed by atoms with Crippen molar-refractivity contribution in [1.82, 2.24) is 0 Å². The van der Waals surface area contributed by atoms with Gasteiger partial charge in [0.15, 0.2) is 0 Å². The summed E-state index contributed by atoms with van der Waals surface area (Å²) in [6, 6.07) is 15.0. The van der Waals surface area contributed by atoms with E-state index in [1.807, 2.05) is 77.9 Å². The Balaban J connectivity index is 0.000000133. The molecule has 0 N–H and O–H groups in total. The molecule has 6 bridgehead atoms. The predicted octanol–water partition coefficient (Wildman–Crippen LogP) is 11.5. The summed E-state index contributed by atoms with van der Waals surface area (Å²) >= 11 is 3.35. The number of alkyl halides is 1. The third kappa shape index (κ3) is 8.84. The topological polar surface area (TPSA) is 108 Å². The molecule has 3 saturated heterocycles. The van der Waals surface area contributed by atoms with Crippen molar-refractivity contribution >= 4 is 49.0 Å². The molecule has 12 aliphatic rings. The highest BCUT2D eigenvalue weighted by Gasteiger charge is 2.74. The molecule has 12 atom stereocenters. The second-order valence-corrected chi connectivity index (χ2v) is 26.9. The lowest BCUT2D eigenvalue weighted by atomic mass is 9.43. The number of hydrogen-bond acceptors (Lipinski definition) is 10. The molecule has 0 radical (unpaired) electrons. The molecular weight excluding hydrogens is 921 g/mol. The second-order valence-electron chi connectivity index (χ2n) is 26.3. The van der Waals surface area contributed by atoms with Crippen molar-refractivity contribution in [2.24, 2.45) is 51.8 Å². The van der Waals surface area contributed by atoms with Gasteiger partial charge in [-0.25, -0.2) is 9.59 Å². The fraction of sp³-hybridized carbons (Fsp3) is 0.741. The fourth-order valence-electron chi connectivity index (χ4n) is 14.5. The maximum absolute atomic E-state index is 12.3. The summed E-state index contributed by atoms with van der Waals surface area (Å²) in [5.74, 6) is 3.44. The molecule has 0 aromatic heterocycles. The van der Waals surface area contributed by atoms with E-state index < -0.39 is 11.2 Å². The van der Waals surface area contributed by atoms with Gasteiger partial charge in [0.1, 0.15) is 11.2 Å². The number of rotatable bonds is 6. The van der Waals surface area contributed by atoms with Crippen molar-refractivity contribution in [3.63, 3.8) is 0 Å². The minimum atomic E-state index is -0.497. The Hall–Kier alpha value is -2.19. The summed E-state index contributed by atoms with van der Waals surface area (Å²) in [4.78, 5) is 24.0. The van der Waals surface area contributed by atoms with Gasteiger partial charge in [-0.1, -0.05) is 81.7 Å². The third-order valence-corrected chi connectivity index (χ3v) is 19.5. The van der Waals surface area contributed by atoms with E-state index >= 15 is 0 Å². The maximum atomic E-state index is 12.3. The fourth-order valence-corrected chi connectivity index (χ4v) is 14.9. The number of halogens is 1. The van der Waals surface area contributed by atoms with E-state index in [2.05, 4.69) is 78.2 Å². The summed E-state index contributed by atoms with van der Waals surface area (Å²) < 4.78 is 49.6. The summed E-state index contributed by atoms with van der Waals surface area (Å²) in [5.41, 5.74) is 2.86. The molecule has 0 spiro atoms. The van der Waals surface area contributed by atoms with Crippen LogP contribution in [0, 0.1) is 51.8 Å². The number of carbonyl (C=O) groups is 2. The van der Waals surface area contributed by atoms with E-state index in [9.17, 15) is 9.59 Å². The molecule has 10 nitrogen and oxygen atoms in total. The highest BCUT2D eigenvalue weighted by atomic mass is 79.9. The smallest absolute Gasteiger partial charge is 0.456 e. The average Bonchev–Trinajstić information content (AvgIpc) is 3.91. The van der Waals surface area contributed by atoms with Gasteiger partial charge in [0.05, 0.1) is 46.2 Å². The minimum Gasteiger partial charge on any atom is -0.456 e. The molecule has 68 heavy (non-hydrogen) atoms. The molecule has 9 saturated carbocycles. The van der Waals surface area contributed by atoms with Crippen LogP contribution in [0.25, 0.3) is 0 Å². The van der Waals surface area contributed by atoms with Crippen molar-refractivity contribution in [2.45, 2.75) is 200 Å². The van der Waals surface area contributed by atoms with Crippen LogP contribution in [0.15, 0.2) is 48.5 Å². The molecular formula is C54H78B3BrO10. The van der Waals surface area contributed by atoms with Crippen LogP contribution in [0.1, 0.15) is 174 Å². The molecule has 370 valence electrons. The molecule has 12 unspecified atom stereocenters. The molecule has 9 aliphatic carbocycles. The lowest BCUT2D eigenvalue weighted by molar-refractivity contribution is -0.200. The van der Waals surface area contributed by atoms with Crippen LogP contribution in [-0.4, -0.2) is 79.4 Å². The van der Waals surface area contributed by atoms with Gasteiger partial charge in [0, 0.05) is 11.7 Å². The number of carbonyl (C=O) groups excluding carboxylic acids is 2. The molecule has 2 aromatic carbocycles. The molecule has 0 amide bonds. The Labute approximate surface area is 417 Å². The van der Waals surface area contributed by atoms with E-state index in [4.69, 9.17) is 37.4 Å². The molecule has 14 rings (SSSR count). The number of benzene rings is 2. The molecule has 12 fully saturated rings. The number of ether oxygens (including phenoxy) is 2. The van der Waals surface area contributed by atoms with Gasteiger partial charge < -0.3 is 37.4 Å². The quantitative estimate of drug-likeness (QED) is 0.158. The van der Waals surface area contributed by atoms with Crippen molar-refractivity contribution in [3.05, 3.63) is 70.8 Å². The van der Waals surface area contributed by atoms with E-state index in [1.54, 1.807) is 12.1 Å². The third-order valence-electron chi connectivity index (χ3n) is 18.8. The lowest BCUT2D eigenvalue weighted by Gasteiger charge is -2.64. The van der Waals surface area contributed by atoms with Crippen LogP contribution < -0.4 is 0 Å². The highest BCUT2D eigenvalue weighted by Crippen LogP contribution is 2.69. The maximum Gasteiger partial charge on any atom is 0.488 e. The molecule has 3 aliphatic heterocycles. The first-order chi connectivity index (χ1) is 31.5. The van der Waals surface area contributed by atoms with Crippen LogP contribution in [0.3, 0.4) is 0 Å². The first-order valence-corrected chi connectivity index (χ1v) is 26.8. The Morgan fingerprint density at radius 2 is 0.926 bits per heavy atom. The highest BCUT2D eigenvalue weighted by molar-refractivity contribution is 9.08. The summed E-state index contributed by atoms with van der Waals surface area (Å²) in [7, 11) is -0.991. The zero-order valence-electron chi connectivity index (χ0n) is 43.7. The second kappa shape index (κ2) is 17.2. The standard InChI is InChI=1S/C22H31BO4.C20H32B2O4.C12H15BrO2/c1-20(2,3)25-19(24)15-9-7-8-14(10-15)13-23-26-18-12-16-11-17(21(16,4)5)22(18,6)27-23;1-17(2)11-7-13(17)19(5)15(9-11)23-21(25-19)22-24-16-10-12-8-14(18(12,3)4)20(16,6)26-22;1-12(2,3)15-11(14)10-6-4-5-9(7-10)8-13/h7-10,16-18H,11-13H2,1-6H3;11-16H,7-10H2,1-6H3;4-7H,8H2,1-3H3. The van der Waals surface area contributed by atoms with Crippen LogP contribution in [-0.2, 0) is 49.1 Å². The first-order valence-electron chi connectivity index (χ1n) is 25.7. The summed E-state index contributed by atoms with van der Waals surface area (Å²) in [6.45, 7) is 32.3. The van der Waals surface area contributed by atoms with Gasteiger partial charge in [-0.3, -0.25) is 0 Å². The normalized spacial score (nSPS) is 38.1. The summed E-state index contributed by atoms with van der Waals surface area (Å²) in [6.07, 6.45) is 8.35. The van der Waals surface area contributed by atoms with Crippen LogP contribution >= 0.6 is 15.9 Å². The van der Waals surface area contributed by atoms with Crippen molar-refractivity contribution in [3.8, 4) is 0 Å². The van der Waals surface area contributed by atoms with Crippen molar-refractivity contribution in [1.29, 1.82) is 0 Å². The van der Waals surface area contributed by atoms with Gasteiger partial charge in [0.2, 0.25) is 0 Å². The summed E-state index contributed by atoms with van der Waals surface area (Å²) in [5, 5.41) is 0.740. The lowest BCUT2D eigenvalue weighted by Crippen LogP contribution is -2.65. The zero-order chi connectivity index (χ0) is 49.4. The molecule has 14 heteroatoms. The largest absolute Gasteiger partial charge is 0.488 e. The van der Waals surface area contributed by atoms with Crippen LogP contribution in [0.4, 0.5) is 0 Å². The average molecular weight is 1000 g/mol. The monoisotopic (exact) mass is 999 g/mol. The zero-order valence-corrected chi connectivity index (χ0v) is 45.3. The van der Waals surface area contributed by atoms with Crippen molar-refractivity contribution < 1.29 is 47.0 Å². The van der Waals surface area contributed by atoms with E-state index in [1.165, 1.54) is 19.3 Å². The Bertz CT molecular complexity index is 2200. The SMILES string of the molecule is CC(C)(C)OC(=O)c1cccc(CB2OC3CC4CC(C4(C)C)C3(C)O2)c1.CC(C)(C)OC(=O)c1cccc(CBr)c1.CC1(C)C2CC3OB(B4OC5CC6CC(C6(C)C)C5(C)O4)OC3(C)C1C2. The van der Waals surface area contributed by atoms with Crippen molar-refractivity contribution in [2.75, 3.05) is 0 Å². The van der Waals surface area contributed by atoms with Gasteiger partial charge in [-0.05, 0) is 188 Å². The van der Waals surface area contributed by atoms with E-state index in [0.717, 1.165) is 53.5 Å². The van der Waals surface area contributed by atoms with Gasteiger partial charge in [-0.15, -0.1) is 0 Å². The molecule has 3 heterocycles. The Morgan fingerprint density at radius 1 is 0.559 bits per heavy atom. The van der Waals surface area contributed by atoms with E-state index in [0.29, 0.717) is 51.4 Å². The number of esters is 2. The number of hydrogen-bond donors (Lipinski definition) is 0. The minimum absolute atomic E-state index is 0.188. The van der Waals surface area contributed by atoms with E-state index in [-0.39, 0.29) is 68.2 Å². The van der Waals surface area contributed by atoms with Gasteiger partial charge in [-0.2, -0.15) is 0 Å². The Kier molecular flexibility index (Phi) is 12.8.